The van der Waals surface area contributed by atoms with Gasteiger partial charge in [-0.3, -0.25) is 0 Å². The molecular weight excluding hydrogens is 312 g/mol. The number of ether oxygens (including phenoxy) is 1. The summed E-state index contributed by atoms with van der Waals surface area (Å²) in [6.45, 7) is 6.06. The lowest BCUT2D eigenvalue weighted by Crippen LogP contribution is -2.54. The molecular formula is C21H30N2O2. The fourth-order valence-corrected chi connectivity index (χ4v) is 5.46. The van der Waals surface area contributed by atoms with Crippen molar-refractivity contribution in [1.29, 1.82) is 0 Å². The van der Waals surface area contributed by atoms with Crippen LogP contribution in [0.15, 0.2) is 24.3 Å². The van der Waals surface area contributed by atoms with Gasteiger partial charge in [0.05, 0.1) is 0 Å². The molecule has 25 heavy (non-hydrogen) atoms. The number of amides is 2. The molecule has 0 spiro atoms. The van der Waals surface area contributed by atoms with Crippen LogP contribution >= 0.6 is 0 Å². The molecule has 2 N–H and O–H groups in total. The van der Waals surface area contributed by atoms with Gasteiger partial charge in [0.1, 0.15) is 11.4 Å². The second-order valence-corrected chi connectivity index (χ2v) is 9.36. The molecule has 4 rings (SSSR count). The first kappa shape index (κ1) is 16.7. The lowest BCUT2D eigenvalue weighted by molar-refractivity contribution is 0.131. The number of nitrogens with one attached hydrogen (secondary N) is 2. The maximum Gasteiger partial charge on any atom is 0.319 e. The molecule has 3 fully saturated rings. The number of hydrogen-bond acceptors (Lipinski definition) is 2. The smallest absolute Gasteiger partial charge is 0.319 e. The molecule has 3 bridgehead atoms. The van der Waals surface area contributed by atoms with E-state index < -0.39 is 0 Å². The van der Waals surface area contributed by atoms with Crippen LogP contribution in [0.1, 0.15) is 59.3 Å². The van der Waals surface area contributed by atoms with Crippen LogP contribution < -0.4 is 15.4 Å². The molecule has 0 saturated heterocycles. The van der Waals surface area contributed by atoms with Gasteiger partial charge >= 0.3 is 6.03 Å². The van der Waals surface area contributed by atoms with Crippen molar-refractivity contribution >= 4 is 11.7 Å². The van der Waals surface area contributed by atoms with Crippen LogP contribution in [0.2, 0.25) is 0 Å². The second-order valence-electron chi connectivity index (χ2n) is 9.36. The highest BCUT2D eigenvalue weighted by Crippen LogP contribution is 2.57. The van der Waals surface area contributed by atoms with Crippen molar-refractivity contribution in [3.05, 3.63) is 24.3 Å². The van der Waals surface area contributed by atoms with E-state index in [1.807, 2.05) is 45.0 Å². The molecule has 2 amide bonds. The van der Waals surface area contributed by atoms with Crippen LogP contribution in [0, 0.1) is 17.8 Å². The van der Waals surface area contributed by atoms with Gasteiger partial charge in [-0.05, 0) is 89.2 Å². The minimum Gasteiger partial charge on any atom is -0.488 e. The van der Waals surface area contributed by atoms with Crippen LogP contribution in [0.3, 0.4) is 0 Å². The van der Waals surface area contributed by atoms with Crippen molar-refractivity contribution in [3.63, 3.8) is 0 Å². The Bertz CT molecular complexity index is 666. The fourth-order valence-electron chi connectivity index (χ4n) is 5.46. The van der Waals surface area contributed by atoms with Crippen LogP contribution in [-0.2, 0) is 0 Å². The summed E-state index contributed by atoms with van der Waals surface area (Å²) in [5.74, 6) is 3.21. The Morgan fingerprint density at radius 3 is 2.80 bits per heavy atom. The predicted molar refractivity (Wildman–Crippen MR) is 99.9 cm³/mol. The first-order valence-electron chi connectivity index (χ1n) is 9.70. The van der Waals surface area contributed by atoms with E-state index in [-0.39, 0.29) is 17.2 Å². The Morgan fingerprint density at radius 1 is 1.20 bits per heavy atom. The van der Waals surface area contributed by atoms with E-state index in [1.54, 1.807) is 0 Å². The van der Waals surface area contributed by atoms with E-state index in [9.17, 15) is 4.79 Å². The summed E-state index contributed by atoms with van der Waals surface area (Å²) >= 11 is 0. The molecule has 4 heteroatoms. The number of fused-ring (bicyclic) bond motifs is 2. The summed E-state index contributed by atoms with van der Waals surface area (Å²) in [4.78, 5) is 12.7. The Kier molecular flexibility index (Phi) is 3.97. The van der Waals surface area contributed by atoms with Gasteiger partial charge in [0, 0.05) is 17.3 Å². The molecule has 0 radical (unpaired) electrons. The van der Waals surface area contributed by atoms with Gasteiger partial charge in [-0.25, -0.2) is 4.79 Å². The largest absolute Gasteiger partial charge is 0.488 e. The first-order chi connectivity index (χ1) is 11.8. The first-order valence-corrected chi connectivity index (χ1v) is 9.70. The van der Waals surface area contributed by atoms with E-state index in [0.29, 0.717) is 5.92 Å². The number of benzene rings is 1. The normalized spacial score (nSPS) is 33.2. The Balaban J connectivity index is 1.42. The standard InChI is InChI=1S/C21H30N2O2/c1-20(2,3)25-18-6-4-5-17(12-18)22-19(24)23-21-8-7-14-9-15(13-21)11-16(21)10-14/h4-6,12,14-16H,7-11,13H2,1-3H3,(H2,22,23,24). The van der Waals surface area contributed by atoms with E-state index >= 15 is 0 Å². The summed E-state index contributed by atoms with van der Waals surface area (Å²) in [7, 11) is 0. The van der Waals surface area contributed by atoms with Gasteiger partial charge < -0.3 is 15.4 Å². The zero-order valence-electron chi connectivity index (χ0n) is 15.6. The molecule has 4 nitrogen and oxygen atoms in total. The van der Waals surface area contributed by atoms with Gasteiger partial charge in [-0.1, -0.05) is 6.07 Å². The van der Waals surface area contributed by atoms with Crippen LogP contribution in [0.25, 0.3) is 0 Å². The number of carbonyl (C=O) groups excluding carboxylic acids is 1. The van der Waals surface area contributed by atoms with E-state index in [1.165, 1.54) is 32.1 Å². The van der Waals surface area contributed by atoms with Crippen molar-refractivity contribution in [2.45, 2.75) is 70.4 Å². The fraction of sp³-hybridized carbons (Fsp3) is 0.667. The highest BCUT2D eigenvalue weighted by atomic mass is 16.5. The molecule has 3 aliphatic rings. The number of hydrogen-bond donors (Lipinski definition) is 2. The molecule has 0 aromatic heterocycles. The molecule has 1 aromatic rings. The van der Waals surface area contributed by atoms with Gasteiger partial charge in [-0.2, -0.15) is 0 Å². The number of rotatable bonds is 3. The maximum absolute atomic E-state index is 12.7. The minimum atomic E-state index is -0.250. The topological polar surface area (TPSA) is 50.4 Å². The average Bonchev–Trinajstić information content (AvgIpc) is 2.65. The quantitative estimate of drug-likeness (QED) is 0.816. The molecule has 0 heterocycles. The predicted octanol–water partition coefficient (Wildman–Crippen LogP) is 4.95. The maximum atomic E-state index is 12.7. The van der Waals surface area contributed by atoms with E-state index in [0.717, 1.165) is 29.7 Å². The summed E-state index contributed by atoms with van der Waals surface area (Å²) < 4.78 is 5.89. The highest BCUT2D eigenvalue weighted by Gasteiger charge is 2.54. The molecule has 4 unspecified atom stereocenters. The monoisotopic (exact) mass is 342 g/mol. The number of carbonyl (C=O) groups is 1. The summed E-state index contributed by atoms with van der Waals surface area (Å²) in [5, 5.41) is 6.40. The highest BCUT2D eigenvalue weighted by molar-refractivity contribution is 5.90. The second kappa shape index (κ2) is 5.93. The number of anilines is 1. The zero-order chi connectivity index (χ0) is 17.7. The summed E-state index contributed by atoms with van der Waals surface area (Å²) in [5.41, 5.74) is 0.575. The SMILES string of the molecule is CC(C)(C)Oc1cccc(NC(=O)NC23CCC4CC(CC2C4)C3)c1. The molecule has 1 aromatic carbocycles. The van der Waals surface area contributed by atoms with E-state index in [2.05, 4.69) is 10.6 Å². The van der Waals surface area contributed by atoms with Crippen molar-refractivity contribution in [2.24, 2.45) is 17.8 Å². The van der Waals surface area contributed by atoms with Crippen molar-refractivity contribution in [2.75, 3.05) is 5.32 Å². The van der Waals surface area contributed by atoms with Crippen molar-refractivity contribution in [1.82, 2.24) is 5.32 Å². The van der Waals surface area contributed by atoms with E-state index in [4.69, 9.17) is 4.74 Å². The molecule has 4 atom stereocenters. The number of urea groups is 1. The van der Waals surface area contributed by atoms with Gasteiger partial charge in [0.25, 0.3) is 0 Å². The average molecular weight is 342 g/mol. The zero-order valence-corrected chi connectivity index (χ0v) is 15.6. The Labute approximate surface area is 150 Å². The van der Waals surface area contributed by atoms with Crippen LogP contribution in [0.4, 0.5) is 10.5 Å². The third-order valence-electron chi connectivity index (χ3n) is 6.21. The van der Waals surface area contributed by atoms with Crippen LogP contribution in [0.5, 0.6) is 5.75 Å². The lowest BCUT2D eigenvalue weighted by Gasteiger charge is -2.43. The summed E-state index contributed by atoms with van der Waals surface area (Å²) in [6, 6.07) is 7.58. The van der Waals surface area contributed by atoms with Crippen molar-refractivity contribution in [3.8, 4) is 5.75 Å². The Morgan fingerprint density at radius 2 is 2.00 bits per heavy atom. The minimum absolute atomic E-state index is 0.0429. The summed E-state index contributed by atoms with van der Waals surface area (Å²) in [6.07, 6.45) is 7.61. The van der Waals surface area contributed by atoms with Crippen molar-refractivity contribution < 1.29 is 9.53 Å². The van der Waals surface area contributed by atoms with Gasteiger partial charge in [0.15, 0.2) is 0 Å². The molecule has 3 aliphatic carbocycles. The Hall–Kier alpha value is -1.71. The van der Waals surface area contributed by atoms with Gasteiger partial charge in [0.2, 0.25) is 0 Å². The molecule has 0 aliphatic heterocycles. The van der Waals surface area contributed by atoms with Gasteiger partial charge in [-0.15, -0.1) is 0 Å². The lowest BCUT2D eigenvalue weighted by atomic mass is 9.69. The molecule has 3 saturated carbocycles. The van der Waals surface area contributed by atoms with Crippen LogP contribution in [-0.4, -0.2) is 17.2 Å². The molecule has 136 valence electrons. The third kappa shape index (κ3) is 3.49. The third-order valence-corrected chi connectivity index (χ3v) is 6.21.